The maximum absolute atomic E-state index is 12.0. The minimum Gasteiger partial charge on any atom is -0.506 e. The van der Waals surface area contributed by atoms with Crippen LogP contribution in [0.1, 0.15) is 16.8 Å². The highest BCUT2D eigenvalue weighted by Crippen LogP contribution is 2.33. The normalized spacial score (nSPS) is 10.2. The van der Waals surface area contributed by atoms with Crippen LogP contribution in [-0.4, -0.2) is 40.6 Å². The zero-order valence-electron chi connectivity index (χ0n) is 9.48. The van der Waals surface area contributed by atoms with Gasteiger partial charge in [-0.3, -0.25) is 9.59 Å². The van der Waals surface area contributed by atoms with E-state index in [1.807, 2.05) is 0 Å². The Morgan fingerprint density at radius 2 is 1.78 bits per heavy atom. The van der Waals surface area contributed by atoms with Crippen molar-refractivity contribution in [2.75, 3.05) is 13.6 Å². The van der Waals surface area contributed by atoms with E-state index in [1.165, 1.54) is 24.1 Å². The first-order valence-corrected chi connectivity index (χ1v) is 6.56. The van der Waals surface area contributed by atoms with Gasteiger partial charge >= 0.3 is 5.97 Å². The Bertz CT molecular complexity index is 467. The van der Waals surface area contributed by atoms with E-state index in [0.29, 0.717) is 14.5 Å². The monoisotopic (exact) mass is 379 g/mol. The molecule has 0 atom stereocenters. The van der Waals surface area contributed by atoms with Crippen LogP contribution in [0, 0.1) is 0 Å². The van der Waals surface area contributed by atoms with Crippen LogP contribution >= 0.6 is 31.9 Å². The van der Waals surface area contributed by atoms with Crippen LogP contribution in [0.5, 0.6) is 5.75 Å². The Balaban J connectivity index is 2.87. The number of phenols is 1. The standard InChI is InChI=1S/C11H11Br2NO4/c1-14(3-2-9(15)16)11(18)6-4-7(12)10(17)8(13)5-6/h4-5,17H,2-3H2,1H3,(H,15,16). The highest BCUT2D eigenvalue weighted by Gasteiger charge is 2.16. The van der Waals surface area contributed by atoms with Crippen molar-refractivity contribution in [3.63, 3.8) is 0 Å². The lowest BCUT2D eigenvalue weighted by Crippen LogP contribution is -2.29. The molecule has 98 valence electrons. The molecule has 2 N–H and O–H groups in total. The molecule has 0 fully saturated rings. The first-order chi connectivity index (χ1) is 8.32. The minimum atomic E-state index is -0.956. The van der Waals surface area contributed by atoms with Crippen molar-refractivity contribution in [3.8, 4) is 5.75 Å². The number of amides is 1. The number of hydrogen-bond acceptors (Lipinski definition) is 3. The molecule has 0 heterocycles. The number of carbonyl (C=O) groups excluding carboxylic acids is 1. The summed E-state index contributed by atoms with van der Waals surface area (Å²) in [6, 6.07) is 2.97. The first kappa shape index (κ1) is 15.0. The number of carboxylic acid groups (broad SMARTS) is 1. The molecule has 0 aliphatic carbocycles. The number of nitrogens with zero attached hydrogens (tertiary/aromatic N) is 1. The molecule has 0 aliphatic rings. The van der Waals surface area contributed by atoms with E-state index in [2.05, 4.69) is 31.9 Å². The van der Waals surface area contributed by atoms with Crippen molar-refractivity contribution in [1.29, 1.82) is 0 Å². The molecule has 1 aromatic carbocycles. The first-order valence-electron chi connectivity index (χ1n) is 4.98. The van der Waals surface area contributed by atoms with E-state index in [1.54, 1.807) is 0 Å². The summed E-state index contributed by atoms with van der Waals surface area (Å²) in [7, 11) is 1.53. The lowest BCUT2D eigenvalue weighted by molar-refractivity contribution is -0.137. The molecule has 1 aromatic rings. The van der Waals surface area contributed by atoms with Crippen LogP contribution in [0.2, 0.25) is 0 Å². The summed E-state index contributed by atoms with van der Waals surface area (Å²) in [4.78, 5) is 23.7. The van der Waals surface area contributed by atoms with Gasteiger partial charge in [-0.15, -0.1) is 0 Å². The second-order valence-electron chi connectivity index (χ2n) is 3.66. The van der Waals surface area contributed by atoms with Crippen LogP contribution in [0.4, 0.5) is 0 Å². The Hall–Kier alpha value is -1.08. The van der Waals surface area contributed by atoms with Crippen molar-refractivity contribution in [2.45, 2.75) is 6.42 Å². The molecule has 18 heavy (non-hydrogen) atoms. The predicted molar refractivity (Wildman–Crippen MR) is 72.7 cm³/mol. The van der Waals surface area contributed by atoms with E-state index >= 15 is 0 Å². The van der Waals surface area contributed by atoms with Crippen molar-refractivity contribution < 1.29 is 19.8 Å². The molecule has 7 heteroatoms. The maximum atomic E-state index is 12.0. The summed E-state index contributed by atoms with van der Waals surface area (Å²) in [5.74, 6) is -1.25. The largest absolute Gasteiger partial charge is 0.506 e. The molecular formula is C11H11Br2NO4. The van der Waals surface area contributed by atoms with Crippen molar-refractivity contribution in [3.05, 3.63) is 26.6 Å². The molecule has 0 saturated heterocycles. The molecule has 0 aliphatic heterocycles. The molecule has 1 rings (SSSR count). The zero-order chi connectivity index (χ0) is 13.9. The number of benzene rings is 1. The number of aliphatic carboxylic acids is 1. The van der Waals surface area contributed by atoms with Gasteiger partial charge in [0.05, 0.1) is 15.4 Å². The van der Waals surface area contributed by atoms with Crippen molar-refractivity contribution in [2.24, 2.45) is 0 Å². The van der Waals surface area contributed by atoms with Gasteiger partial charge in [0.15, 0.2) is 0 Å². The second-order valence-corrected chi connectivity index (χ2v) is 5.37. The van der Waals surface area contributed by atoms with Crippen LogP contribution < -0.4 is 0 Å². The molecule has 0 aromatic heterocycles. The van der Waals surface area contributed by atoms with Gasteiger partial charge in [-0.05, 0) is 44.0 Å². The van der Waals surface area contributed by atoms with Gasteiger partial charge in [-0.2, -0.15) is 0 Å². The van der Waals surface area contributed by atoms with E-state index in [4.69, 9.17) is 5.11 Å². The van der Waals surface area contributed by atoms with Gasteiger partial charge in [-0.1, -0.05) is 0 Å². The van der Waals surface area contributed by atoms with Gasteiger partial charge in [0.25, 0.3) is 5.91 Å². The molecule has 0 unspecified atom stereocenters. The predicted octanol–water partition coefficient (Wildman–Crippen LogP) is 2.46. The van der Waals surface area contributed by atoms with Crippen LogP contribution in [0.15, 0.2) is 21.1 Å². The highest BCUT2D eigenvalue weighted by molar-refractivity contribution is 9.11. The molecule has 5 nitrogen and oxygen atoms in total. The zero-order valence-corrected chi connectivity index (χ0v) is 12.7. The van der Waals surface area contributed by atoms with Crippen molar-refractivity contribution in [1.82, 2.24) is 4.90 Å². The van der Waals surface area contributed by atoms with Gasteiger partial charge in [0, 0.05) is 19.2 Å². The fraction of sp³-hybridized carbons (Fsp3) is 0.273. The lowest BCUT2D eigenvalue weighted by atomic mass is 10.2. The average molecular weight is 381 g/mol. The third kappa shape index (κ3) is 3.71. The van der Waals surface area contributed by atoms with E-state index in [-0.39, 0.29) is 24.6 Å². The van der Waals surface area contributed by atoms with Crippen LogP contribution in [0.25, 0.3) is 0 Å². The lowest BCUT2D eigenvalue weighted by Gasteiger charge is -2.16. The Morgan fingerprint density at radius 1 is 1.28 bits per heavy atom. The number of carboxylic acids is 1. The summed E-state index contributed by atoms with van der Waals surface area (Å²) < 4.78 is 0.790. The Morgan fingerprint density at radius 3 is 2.22 bits per heavy atom. The summed E-state index contributed by atoms with van der Waals surface area (Å²) in [6.07, 6.45) is -0.108. The number of halogens is 2. The number of aromatic hydroxyl groups is 1. The fourth-order valence-electron chi connectivity index (χ4n) is 1.27. The minimum absolute atomic E-state index is 0.0136. The Labute approximate surface area is 121 Å². The molecule has 0 saturated carbocycles. The third-order valence-electron chi connectivity index (χ3n) is 2.27. The van der Waals surface area contributed by atoms with Crippen molar-refractivity contribution >= 4 is 43.7 Å². The number of hydrogen-bond donors (Lipinski definition) is 2. The van der Waals surface area contributed by atoms with Crippen LogP contribution in [0.3, 0.4) is 0 Å². The summed E-state index contributed by atoms with van der Waals surface area (Å²) in [6.45, 7) is 0.129. The second kappa shape index (κ2) is 6.19. The maximum Gasteiger partial charge on any atom is 0.305 e. The van der Waals surface area contributed by atoms with Gasteiger partial charge in [-0.25, -0.2) is 0 Å². The van der Waals surface area contributed by atoms with Gasteiger partial charge in [0.2, 0.25) is 0 Å². The van der Waals surface area contributed by atoms with E-state index in [9.17, 15) is 14.7 Å². The van der Waals surface area contributed by atoms with Crippen LogP contribution in [-0.2, 0) is 4.79 Å². The average Bonchev–Trinajstić information content (AvgIpc) is 2.31. The van der Waals surface area contributed by atoms with Gasteiger partial charge < -0.3 is 15.1 Å². The summed E-state index contributed by atoms with van der Waals surface area (Å²) in [5, 5.41) is 18.1. The quantitative estimate of drug-likeness (QED) is 0.840. The molecule has 1 amide bonds. The number of phenolic OH excluding ortho intramolecular Hbond substituents is 1. The Kier molecular flexibility index (Phi) is 5.15. The summed E-state index contributed by atoms with van der Waals surface area (Å²) >= 11 is 6.26. The SMILES string of the molecule is CN(CCC(=O)O)C(=O)c1cc(Br)c(O)c(Br)c1. The smallest absolute Gasteiger partial charge is 0.305 e. The number of carbonyl (C=O) groups is 2. The van der Waals surface area contributed by atoms with E-state index in [0.717, 1.165) is 0 Å². The third-order valence-corrected chi connectivity index (χ3v) is 3.48. The summed E-state index contributed by atoms with van der Waals surface area (Å²) in [5.41, 5.74) is 0.361. The van der Waals surface area contributed by atoms with E-state index < -0.39 is 5.97 Å². The fourth-order valence-corrected chi connectivity index (χ4v) is 2.46. The number of rotatable bonds is 4. The topological polar surface area (TPSA) is 77.8 Å². The molecule has 0 spiro atoms. The van der Waals surface area contributed by atoms with Gasteiger partial charge in [0.1, 0.15) is 5.75 Å². The molecule has 0 radical (unpaired) electrons. The molecular weight excluding hydrogens is 370 g/mol. The highest BCUT2D eigenvalue weighted by atomic mass is 79.9. The molecule has 0 bridgehead atoms.